The number of hydrogen-bond donors (Lipinski definition) is 0. The van der Waals surface area contributed by atoms with Crippen LogP contribution in [0.2, 0.25) is 10.0 Å². The highest BCUT2D eigenvalue weighted by molar-refractivity contribution is 7.09. The van der Waals surface area contributed by atoms with Crippen LogP contribution in [0.1, 0.15) is 34.8 Å². The number of rotatable bonds is 7. The molecule has 29 heavy (non-hydrogen) atoms. The van der Waals surface area contributed by atoms with E-state index in [9.17, 15) is 4.79 Å². The summed E-state index contributed by atoms with van der Waals surface area (Å²) >= 11 is 13.7. The number of benzene rings is 2. The Morgan fingerprint density at radius 2 is 1.93 bits per heavy atom. The number of aryl methyl sites for hydroxylation is 1. The largest absolute Gasteiger partial charge is 0.486 e. The van der Waals surface area contributed by atoms with E-state index in [4.69, 9.17) is 27.9 Å². The SMILES string of the molecule is Cc1ccc(OCc2nc(CC(=O)N(C)[C@@H](C)c3ccc(Cl)cc3Cl)cs2)cc1. The van der Waals surface area contributed by atoms with Crippen LogP contribution in [0, 0.1) is 6.92 Å². The highest BCUT2D eigenvalue weighted by atomic mass is 35.5. The van der Waals surface area contributed by atoms with E-state index < -0.39 is 0 Å². The number of aromatic nitrogens is 1. The molecule has 0 fully saturated rings. The highest BCUT2D eigenvalue weighted by Gasteiger charge is 2.20. The van der Waals surface area contributed by atoms with Gasteiger partial charge in [0.1, 0.15) is 17.4 Å². The third-order valence-corrected chi connectivity index (χ3v) is 6.14. The maximum absolute atomic E-state index is 12.7. The molecule has 0 saturated carbocycles. The van der Waals surface area contributed by atoms with E-state index in [1.807, 2.05) is 49.6 Å². The summed E-state index contributed by atoms with van der Waals surface area (Å²) in [5.41, 5.74) is 2.78. The van der Waals surface area contributed by atoms with E-state index in [0.29, 0.717) is 16.7 Å². The Kier molecular flexibility index (Phi) is 7.17. The van der Waals surface area contributed by atoms with Crippen LogP contribution in [0.15, 0.2) is 47.8 Å². The molecule has 3 rings (SSSR count). The van der Waals surface area contributed by atoms with Crippen LogP contribution in [0.5, 0.6) is 5.75 Å². The van der Waals surface area contributed by atoms with Gasteiger partial charge in [-0.05, 0) is 43.7 Å². The van der Waals surface area contributed by atoms with E-state index in [2.05, 4.69) is 4.98 Å². The Morgan fingerprint density at radius 3 is 2.62 bits per heavy atom. The number of halogens is 2. The number of likely N-dealkylation sites (N-methyl/N-ethyl adjacent to an activating group) is 1. The molecular formula is C22H22Cl2N2O2S. The highest BCUT2D eigenvalue weighted by Crippen LogP contribution is 2.29. The van der Waals surface area contributed by atoms with Crippen molar-refractivity contribution in [1.82, 2.24) is 9.88 Å². The fourth-order valence-electron chi connectivity index (χ4n) is 2.82. The first-order chi connectivity index (χ1) is 13.8. The fraction of sp³-hybridized carbons (Fsp3) is 0.273. The average molecular weight is 449 g/mol. The molecule has 0 N–H and O–H groups in total. The third kappa shape index (κ3) is 5.72. The standard InChI is InChI=1S/C22H22Cl2N2O2S/c1-14-4-7-18(8-5-14)28-12-21-25-17(13-29-21)11-22(27)26(3)15(2)19-9-6-16(23)10-20(19)24/h4-10,13,15H,11-12H2,1-3H3/t15-/m0/s1. The molecule has 1 aromatic heterocycles. The first-order valence-corrected chi connectivity index (χ1v) is 10.8. The Balaban J connectivity index is 1.58. The minimum atomic E-state index is -0.171. The summed E-state index contributed by atoms with van der Waals surface area (Å²) in [5, 5.41) is 3.86. The summed E-state index contributed by atoms with van der Waals surface area (Å²) in [6.45, 7) is 4.36. The molecule has 1 heterocycles. The Hall–Kier alpha value is -2.08. The maximum atomic E-state index is 12.7. The second-order valence-electron chi connectivity index (χ2n) is 6.86. The van der Waals surface area contributed by atoms with Crippen molar-refractivity contribution in [3.63, 3.8) is 0 Å². The van der Waals surface area contributed by atoms with E-state index in [0.717, 1.165) is 22.0 Å². The molecule has 3 aromatic rings. The Bertz CT molecular complexity index is 989. The minimum absolute atomic E-state index is 0.0279. The molecule has 4 nitrogen and oxygen atoms in total. The Labute approximate surface area is 185 Å². The van der Waals surface area contributed by atoms with Crippen LogP contribution >= 0.6 is 34.5 Å². The zero-order valence-electron chi connectivity index (χ0n) is 16.5. The lowest BCUT2D eigenvalue weighted by atomic mass is 10.1. The molecule has 0 radical (unpaired) electrons. The minimum Gasteiger partial charge on any atom is -0.486 e. The van der Waals surface area contributed by atoms with E-state index in [1.54, 1.807) is 24.1 Å². The number of ether oxygens (including phenoxy) is 1. The van der Waals surface area contributed by atoms with Gasteiger partial charge in [-0.25, -0.2) is 4.98 Å². The molecule has 0 unspecified atom stereocenters. The summed E-state index contributed by atoms with van der Waals surface area (Å²) in [6, 6.07) is 13.0. The van der Waals surface area contributed by atoms with Gasteiger partial charge in [0.2, 0.25) is 5.91 Å². The second kappa shape index (κ2) is 9.61. The summed E-state index contributed by atoms with van der Waals surface area (Å²) in [6.07, 6.45) is 0.229. The maximum Gasteiger partial charge on any atom is 0.228 e. The molecule has 1 amide bonds. The number of hydrogen-bond acceptors (Lipinski definition) is 4. The molecule has 7 heteroatoms. The smallest absolute Gasteiger partial charge is 0.228 e. The molecule has 0 aliphatic heterocycles. The fourth-order valence-corrected chi connectivity index (χ4v) is 4.09. The molecule has 0 saturated heterocycles. The number of thiazole rings is 1. The van der Waals surface area contributed by atoms with Crippen molar-refractivity contribution in [3.05, 3.63) is 79.7 Å². The van der Waals surface area contributed by atoms with Crippen molar-refractivity contribution in [2.75, 3.05) is 7.05 Å². The zero-order chi connectivity index (χ0) is 21.0. The van der Waals surface area contributed by atoms with Crippen LogP contribution in [0.25, 0.3) is 0 Å². The third-order valence-electron chi connectivity index (χ3n) is 4.70. The van der Waals surface area contributed by atoms with E-state index in [-0.39, 0.29) is 18.4 Å². The van der Waals surface area contributed by atoms with E-state index in [1.165, 1.54) is 16.9 Å². The van der Waals surface area contributed by atoms with Crippen molar-refractivity contribution < 1.29 is 9.53 Å². The number of carbonyl (C=O) groups is 1. The first kappa shape index (κ1) is 21.6. The molecule has 0 bridgehead atoms. The summed E-state index contributed by atoms with van der Waals surface area (Å²) in [4.78, 5) is 18.9. The lowest BCUT2D eigenvalue weighted by Crippen LogP contribution is -2.31. The van der Waals surface area contributed by atoms with Gasteiger partial charge in [0.25, 0.3) is 0 Å². The van der Waals surface area contributed by atoms with Gasteiger partial charge in [-0.2, -0.15) is 0 Å². The summed E-state index contributed by atoms with van der Waals surface area (Å²) in [7, 11) is 1.77. The molecule has 0 spiro atoms. The monoisotopic (exact) mass is 448 g/mol. The van der Waals surface area contributed by atoms with Crippen molar-refractivity contribution in [2.24, 2.45) is 0 Å². The molecule has 152 valence electrons. The van der Waals surface area contributed by atoms with Crippen molar-refractivity contribution >= 4 is 40.4 Å². The quantitative estimate of drug-likeness (QED) is 0.438. The summed E-state index contributed by atoms with van der Waals surface area (Å²) in [5.74, 6) is 0.775. The van der Waals surface area contributed by atoms with Crippen LogP contribution in [-0.2, 0) is 17.8 Å². The number of amides is 1. The number of nitrogens with zero attached hydrogens (tertiary/aromatic N) is 2. The molecule has 1 atom stereocenters. The lowest BCUT2D eigenvalue weighted by Gasteiger charge is -2.26. The lowest BCUT2D eigenvalue weighted by molar-refractivity contribution is -0.131. The summed E-state index contributed by atoms with van der Waals surface area (Å²) < 4.78 is 5.76. The van der Waals surface area contributed by atoms with Crippen LogP contribution in [0.4, 0.5) is 0 Å². The van der Waals surface area contributed by atoms with Gasteiger partial charge in [0.15, 0.2) is 0 Å². The molecule has 0 aliphatic carbocycles. The van der Waals surface area contributed by atoms with Gasteiger partial charge in [0.05, 0.1) is 18.2 Å². The van der Waals surface area contributed by atoms with Gasteiger partial charge in [-0.15, -0.1) is 11.3 Å². The molecular weight excluding hydrogens is 427 g/mol. The van der Waals surface area contributed by atoms with Crippen LogP contribution in [0.3, 0.4) is 0 Å². The van der Waals surface area contributed by atoms with Gasteiger partial charge >= 0.3 is 0 Å². The van der Waals surface area contributed by atoms with Crippen molar-refractivity contribution in [3.8, 4) is 5.75 Å². The first-order valence-electron chi connectivity index (χ1n) is 9.17. The zero-order valence-corrected chi connectivity index (χ0v) is 18.8. The van der Waals surface area contributed by atoms with Gasteiger partial charge in [0, 0.05) is 22.5 Å². The van der Waals surface area contributed by atoms with Crippen molar-refractivity contribution in [2.45, 2.75) is 32.9 Å². The predicted octanol–water partition coefficient (Wildman–Crippen LogP) is 6.10. The molecule has 0 aliphatic rings. The van der Waals surface area contributed by atoms with Gasteiger partial charge in [-0.3, -0.25) is 4.79 Å². The van der Waals surface area contributed by atoms with Gasteiger partial charge < -0.3 is 9.64 Å². The average Bonchev–Trinajstić information content (AvgIpc) is 3.13. The topological polar surface area (TPSA) is 42.4 Å². The van der Waals surface area contributed by atoms with Gasteiger partial charge in [-0.1, -0.05) is 47.0 Å². The van der Waals surface area contributed by atoms with Crippen LogP contribution < -0.4 is 4.74 Å². The predicted molar refractivity (Wildman–Crippen MR) is 119 cm³/mol. The van der Waals surface area contributed by atoms with E-state index >= 15 is 0 Å². The second-order valence-corrected chi connectivity index (χ2v) is 8.64. The number of carbonyl (C=O) groups excluding carboxylic acids is 1. The molecule has 2 aromatic carbocycles. The normalized spacial score (nSPS) is 11.9. The van der Waals surface area contributed by atoms with Crippen molar-refractivity contribution in [1.29, 1.82) is 0 Å². The Morgan fingerprint density at radius 1 is 1.21 bits per heavy atom. The van der Waals surface area contributed by atoms with Crippen LogP contribution in [-0.4, -0.2) is 22.8 Å².